The van der Waals surface area contributed by atoms with Crippen molar-refractivity contribution in [1.82, 2.24) is 15.0 Å². The molecule has 20 heavy (non-hydrogen) atoms. The minimum absolute atomic E-state index is 0.110. The van der Waals surface area contributed by atoms with Gasteiger partial charge in [0.25, 0.3) is 0 Å². The normalized spacial score (nSPS) is 11.4. The Labute approximate surface area is 117 Å². The summed E-state index contributed by atoms with van der Waals surface area (Å²) in [6, 6.07) is 1.44. The van der Waals surface area contributed by atoms with Gasteiger partial charge in [-0.3, -0.25) is 0 Å². The first-order valence-corrected chi connectivity index (χ1v) is 6.69. The monoisotopic (exact) mass is 303 g/mol. The number of anilines is 2. The second-order valence-electron chi connectivity index (χ2n) is 3.77. The van der Waals surface area contributed by atoms with Crippen LogP contribution < -0.4 is 10.6 Å². The zero-order chi connectivity index (χ0) is 14.6. The molecule has 0 aliphatic rings. The van der Waals surface area contributed by atoms with Crippen molar-refractivity contribution >= 4 is 23.0 Å². The van der Waals surface area contributed by atoms with Gasteiger partial charge in [-0.25, -0.2) is 15.0 Å². The van der Waals surface area contributed by atoms with E-state index in [1.165, 1.54) is 17.4 Å². The maximum absolute atomic E-state index is 12.7. The summed E-state index contributed by atoms with van der Waals surface area (Å²) in [6.45, 7) is 2.57. The molecule has 0 saturated carbocycles. The van der Waals surface area contributed by atoms with Gasteiger partial charge in [0, 0.05) is 24.2 Å². The predicted octanol–water partition coefficient (Wildman–Crippen LogP) is 3.00. The Kier molecular flexibility index (Phi) is 4.38. The Bertz CT molecular complexity index is 556. The summed E-state index contributed by atoms with van der Waals surface area (Å²) < 4.78 is 38.1. The van der Waals surface area contributed by atoms with E-state index in [-0.39, 0.29) is 11.6 Å². The molecule has 0 aromatic carbocycles. The van der Waals surface area contributed by atoms with Crippen molar-refractivity contribution in [1.29, 1.82) is 0 Å². The molecule has 0 atom stereocenters. The summed E-state index contributed by atoms with van der Waals surface area (Å²) in [4.78, 5) is 11.0. The highest BCUT2D eigenvalue weighted by atomic mass is 32.1. The van der Waals surface area contributed by atoms with E-state index in [1.807, 2.05) is 0 Å². The lowest BCUT2D eigenvalue weighted by molar-refractivity contribution is -0.144. The van der Waals surface area contributed by atoms with Crippen molar-refractivity contribution in [2.45, 2.75) is 19.6 Å². The van der Waals surface area contributed by atoms with Crippen molar-refractivity contribution < 1.29 is 13.2 Å². The van der Waals surface area contributed by atoms with Crippen molar-refractivity contribution in [3.63, 3.8) is 0 Å². The van der Waals surface area contributed by atoms with Crippen LogP contribution >= 0.6 is 11.3 Å². The summed E-state index contributed by atoms with van der Waals surface area (Å²) in [5.74, 6) is -0.924. The molecule has 2 aromatic rings. The number of thiazole rings is 1. The van der Waals surface area contributed by atoms with Gasteiger partial charge in [0.1, 0.15) is 16.6 Å². The van der Waals surface area contributed by atoms with Gasteiger partial charge in [-0.2, -0.15) is 13.2 Å². The van der Waals surface area contributed by atoms with Crippen LogP contribution in [0.5, 0.6) is 0 Å². The molecule has 9 heteroatoms. The summed E-state index contributed by atoms with van der Waals surface area (Å²) in [5.41, 5.74) is 0. The smallest absolute Gasteiger partial charge is 0.370 e. The lowest BCUT2D eigenvalue weighted by Gasteiger charge is -2.11. The summed E-state index contributed by atoms with van der Waals surface area (Å²) in [5, 5.41) is 8.12. The molecule has 0 amide bonds. The molecular formula is C11H12F3N5S. The van der Waals surface area contributed by atoms with E-state index in [1.54, 1.807) is 18.5 Å². The van der Waals surface area contributed by atoms with Gasteiger partial charge in [-0.1, -0.05) is 0 Å². The second-order valence-corrected chi connectivity index (χ2v) is 4.75. The van der Waals surface area contributed by atoms with E-state index in [4.69, 9.17) is 0 Å². The Hall–Kier alpha value is -1.90. The fourth-order valence-electron chi connectivity index (χ4n) is 1.44. The number of alkyl halides is 3. The van der Waals surface area contributed by atoms with Crippen LogP contribution in [-0.2, 0) is 12.7 Å². The van der Waals surface area contributed by atoms with Crippen LogP contribution in [0.3, 0.4) is 0 Å². The third-order valence-electron chi connectivity index (χ3n) is 2.24. The summed E-state index contributed by atoms with van der Waals surface area (Å²) in [6.07, 6.45) is -2.95. The summed E-state index contributed by atoms with van der Waals surface area (Å²) in [7, 11) is 0. The first-order valence-electron chi connectivity index (χ1n) is 5.81. The standard InChI is InChI=1S/C11H12F3N5S/c1-2-15-7-5-8(17-6-9-16-3-4-20-9)19-10(18-7)11(12,13)14/h3-5H,2,6H2,1H3,(H2,15,17,18,19). The molecule has 2 rings (SSSR count). The zero-order valence-corrected chi connectivity index (χ0v) is 11.3. The quantitative estimate of drug-likeness (QED) is 0.889. The highest BCUT2D eigenvalue weighted by Gasteiger charge is 2.35. The molecule has 0 radical (unpaired) electrons. The van der Waals surface area contributed by atoms with Crippen LogP contribution in [0.15, 0.2) is 17.6 Å². The number of rotatable bonds is 5. The average molecular weight is 303 g/mol. The van der Waals surface area contributed by atoms with Gasteiger partial charge in [-0.05, 0) is 6.92 Å². The van der Waals surface area contributed by atoms with Gasteiger partial charge in [0.15, 0.2) is 0 Å². The van der Waals surface area contributed by atoms with Crippen molar-refractivity contribution in [3.05, 3.63) is 28.5 Å². The maximum atomic E-state index is 12.7. The number of nitrogens with one attached hydrogen (secondary N) is 2. The molecule has 0 fully saturated rings. The van der Waals surface area contributed by atoms with Gasteiger partial charge >= 0.3 is 6.18 Å². The maximum Gasteiger partial charge on any atom is 0.451 e. The van der Waals surface area contributed by atoms with Crippen LogP contribution in [0.25, 0.3) is 0 Å². The highest BCUT2D eigenvalue weighted by molar-refractivity contribution is 7.09. The van der Waals surface area contributed by atoms with Crippen LogP contribution in [-0.4, -0.2) is 21.5 Å². The third kappa shape index (κ3) is 3.80. The van der Waals surface area contributed by atoms with Crippen LogP contribution in [0.1, 0.15) is 17.8 Å². The van der Waals surface area contributed by atoms with E-state index in [2.05, 4.69) is 25.6 Å². The molecule has 0 aliphatic carbocycles. The van der Waals surface area contributed by atoms with Gasteiger partial charge in [-0.15, -0.1) is 11.3 Å². The van der Waals surface area contributed by atoms with Crippen LogP contribution in [0, 0.1) is 0 Å². The lowest BCUT2D eigenvalue weighted by Crippen LogP contribution is -2.15. The molecular weight excluding hydrogens is 291 g/mol. The largest absolute Gasteiger partial charge is 0.451 e. The van der Waals surface area contributed by atoms with Crippen LogP contribution in [0.4, 0.5) is 24.8 Å². The molecule has 0 unspecified atom stereocenters. The number of nitrogens with zero attached hydrogens (tertiary/aromatic N) is 3. The molecule has 0 aliphatic heterocycles. The van der Waals surface area contributed by atoms with Crippen molar-refractivity contribution in [2.75, 3.05) is 17.2 Å². The van der Waals surface area contributed by atoms with Gasteiger partial charge < -0.3 is 10.6 Å². The molecule has 0 saturated heterocycles. The first-order chi connectivity index (χ1) is 9.49. The van der Waals surface area contributed by atoms with Gasteiger partial charge in [0.2, 0.25) is 5.82 Å². The number of aromatic nitrogens is 3. The minimum Gasteiger partial charge on any atom is -0.370 e. The Morgan fingerprint density at radius 2 is 1.90 bits per heavy atom. The fourth-order valence-corrected chi connectivity index (χ4v) is 2.00. The fraction of sp³-hybridized carbons (Fsp3) is 0.364. The highest BCUT2D eigenvalue weighted by Crippen LogP contribution is 2.28. The Morgan fingerprint density at radius 3 is 2.45 bits per heavy atom. The van der Waals surface area contributed by atoms with E-state index >= 15 is 0 Å². The molecule has 0 spiro atoms. The van der Waals surface area contributed by atoms with E-state index < -0.39 is 12.0 Å². The first kappa shape index (κ1) is 14.5. The third-order valence-corrected chi connectivity index (χ3v) is 3.02. The van der Waals surface area contributed by atoms with Gasteiger partial charge in [0.05, 0.1) is 6.54 Å². The topological polar surface area (TPSA) is 62.7 Å². The predicted molar refractivity (Wildman–Crippen MR) is 70.6 cm³/mol. The minimum atomic E-state index is -4.58. The molecule has 2 aromatic heterocycles. The number of hydrogen-bond acceptors (Lipinski definition) is 6. The number of hydrogen-bond donors (Lipinski definition) is 2. The van der Waals surface area contributed by atoms with Crippen molar-refractivity contribution in [3.8, 4) is 0 Å². The molecule has 108 valence electrons. The van der Waals surface area contributed by atoms with Crippen molar-refractivity contribution in [2.24, 2.45) is 0 Å². The van der Waals surface area contributed by atoms with E-state index in [0.29, 0.717) is 13.1 Å². The Balaban J connectivity index is 2.20. The average Bonchev–Trinajstić information content (AvgIpc) is 2.88. The molecule has 0 bridgehead atoms. The number of halogens is 3. The Morgan fingerprint density at radius 1 is 1.20 bits per heavy atom. The second kappa shape index (κ2) is 6.04. The molecule has 5 nitrogen and oxygen atoms in total. The van der Waals surface area contributed by atoms with Crippen LogP contribution in [0.2, 0.25) is 0 Å². The molecule has 2 heterocycles. The summed E-state index contributed by atoms with van der Waals surface area (Å²) >= 11 is 1.41. The SMILES string of the molecule is CCNc1cc(NCc2nccs2)nc(C(F)(F)F)n1. The zero-order valence-electron chi connectivity index (χ0n) is 10.5. The van der Waals surface area contributed by atoms with E-state index in [9.17, 15) is 13.2 Å². The molecule has 2 N–H and O–H groups in total. The lowest BCUT2D eigenvalue weighted by atomic mass is 10.4. The van der Waals surface area contributed by atoms with E-state index in [0.717, 1.165) is 5.01 Å².